The molecule has 0 aromatic heterocycles. The van der Waals surface area contributed by atoms with Crippen LogP contribution in [0.25, 0.3) is 0 Å². The van der Waals surface area contributed by atoms with Crippen LogP contribution in [0.4, 0.5) is 0 Å². The lowest BCUT2D eigenvalue weighted by Gasteiger charge is -2.30. The molecule has 2 aromatic carbocycles. The first kappa shape index (κ1) is 32.7. The molecule has 0 aliphatic carbocycles. The number of ether oxygens (including phenoxy) is 1. The number of phenols is 2. The molecule has 0 radical (unpaired) electrons. The molecular formula is C35H54O4. The van der Waals surface area contributed by atoms with E-state index in [1.165, 1.54) is 0 Å². The van der Waals surface area contributed by atoms with Gasteiger partial charge in [-0.25, -0.2) is 0 Å². The zero-order valence-electron chi connectivity index (χ0n) is 26.8. The highest BCUT2D eigenvalue weighted by molar-refractivity contribution is 5.70. The van der Waals surface area contributed by atoms with Crippen LogP contribution in [0.2, 0.25) is 0 Å². The molecule has 0 aliphatic heterocycles. The first-order valence-corrected chi connectivity index (χ1v) is 14.6. The van der Waals surface area contributed by atoms with Gasteiger partial charge in [-0.05, 0) is 62.3 Å². The summed E-state index contributed by atoms with van der Waals surface area (Å²) in [6.07, 6.45) is 3.47. The molecule has 2 aromatic rings. The van der Waals surface area contributed by atoms with E-state index in [2.05, 4.69) is 95.2 Å². The van der Waals surface area contributed by atoms with E-state index < -0.39 is 0 Å². The van der Waals surface area contributed by atoms with Gasteiger partial charge in [0.1, 0.15) is 11.5 Å². The van der Waals surface area contributed by atoms with E-state index in [9.17, 15) is 15.0 Å². The van der Waals surface area contributed by atoms with Crippen molar-refractivity contribution in [3.05, 3.63) is 57.6 Å². The van der Waals surface area contributed by atoms with Gasteiger partial charge in [-0.3, -0.25) is 4.79 Å². The molecule has 0 saturated heterocycles. The summed E-state index contributed by atoms with van der Waals surface area (Å²) in [6, 6.07) is 8.21. The van der Waals surface area contributed by atoms with Crippen molar-refractivity contribution in [3.8, 4) is 11.5 Å². The van der Waals surface area contributed by atoms with Gasteiger partial charge in [0.15, 0.2) is 0 Å². The molecule has 4 nitrogen and oxygen atoms in total. The van der Waals surface area contributed by atoms with Gasteiger partial charge in [0.2, 0.25) is 0 Å². The van der Waals surface area contributed by atoms with Gasteiger partial charge < -0.3 is 14.9 Å². The predicted octanol–water partition coefficient (Wildman–Crippen LogP) is 8.79. The molecule has 2 rings (SSSR count). The van der Waals surface area contributed by atoms with E-state index in [-0.39, 0.29) is 34.1 Å². The smallest absolute Gasteiger partial charge is 0.306 e. The molecule has 4 heteroatoms. The molecule has 0 spiro atoms. The minimum atomic E-state index is -0.223. The van der Waals surface area contributed by atoms with Crippen molar-refractivity contribution in [3.63, 3.8) is 0 Å². The molecule has 0 atom stereocenters. The number of phenolic OH excluding ortho intramolecular Hbond substituents is 2. The lowest BCUT2D eigenvalue weighted by Crippen LogP contribution is -2.21. The van der Waals surface area contributed by atoms with Crippen molar-refractivity contribution in [1.29, 1.82) is 0 Å². The topological polar surface area (TPSA) is 66.8 Å². The Bertz CT molecular complexity index is 1120. The fourth-order valence-electron chi connectivity index (χ4n) is 5.27. The Balaban J connectivity index is 2.17. The molecular weight excluding hydrogens is 484 g/mol. The molecule has 39 heavy (non-hydrogen) atoms. The zero-order chi connectivity index (χ0) is 30.0. The Morgan fingerprint density at radius 2 is 1.05 bits per heavy atom. The second-order valence-corrected chi connectivity index (χ2v) is 14.9. The highest BCUT2D eigenvalue weighted by Crippen LogP contribution is 2.42. The van der Waals surface area contributed by atoms with Gasteiger partial charge in [-0.2, -0.15) is 0 Å². The standard InChI is InChI=1S/C35H54O4/c1-13-17-35(11,12)28-22-24(21-27(31(28)38)34(8,9)10)16-18-39-29(36)15-14-23-19-25(32(2,3)4)30(37)26(20-23)33(5,6)7/h19-22,37-38H,13-18H2,1-12H3. The molecule has 0 unspecified atom stereocenters. The Labute approximate surface area is 238 Å². The summed E-state index contributed by atoms with van der Waals surface area (Å²) in [7, 11) is 0. The zero-order valence-corrected chi connectivity index (χ0v) is 26.8. The number of benzene rings is 2. The number of hydrogen-bond donors (Lipinski definition) is 2. The number of carbonyl (C=O) groups excluding carboxylic acids is 1. The average Bonchev–Trinajstić information content (AvgIpc) is 2.76. The second kappa shape index (κ2) is 11.9. The minimum absolute atomic E-state index is 0.145. The van der Waals surface area contributed by atoms with E-state index in [1.807, 2.05) is 12.1 Å². The molecule has 0 heterocycles. The quantitative estimate of drug-likeness (QED) is 0.313. The molecule has 0 aliphatic rings. The second-order valence-electron chi connectivity index (χ2n) is 14.9. The monoisotopic (exact) mass is 538 g/mol. The van der Waals surface area contributed by atoms with Crippen LogP contribution in [-0.4, -0.2) is 22.8 Å². The third kappa shape index (κ3) is 8.50. The largest absolute Gasteiger partial charge is 0.507 e. The van der Waals surface area contributed by atoms with Crippen molar-refractivity contribution < 1.29 is 19.7 Å². The van der Waals surface area contributed by atoms with E-state index in [0.717, 1.165) is 46.2 Å². The van der Waals surface area contributed by atoms with E-state index in [4.69, 9.17) is 4.74 Å². The van der Waals surface area contributed by atoms with Gasteiger partial charge in [-0.15, -0.1) is 0 Å². The van der Waals surface area contributed by atoms with Crippen molar-refractivity contribution >= 4 is 5.97 Å². The van der Waals surface area contributed by atoms with Gasteiger partial charge in [0.25, 0.3) is 0 Å². The first-order chi connectivity index (χ1) is 17.7. The summed E-state index contributed by atoms with van der Waals surface area (Å²) < 4.78 is 5.66. The highest BCUT2D eigenvalue weighted by Gasteiger charge is 2.29. The third-order valence-corrected chi connectivity index (χ3v) is 7.64. The van der Waals surface area contributed by atoms with E-state index in [0.29, 0.717) is 30.9 Å². The maximum Gasteiger partial charge on any atom is 0.306 e. The van der Waals surface area contributed by atoms with E-state index in [1.54, 1.807) is 0 Å². The van der Waals surface area contributed by atoms with Crippen molar-refractivity contribution in [2.24, 2.45) is 0 Å². The first-order valence-electron chi connectivity index (χ1n) is 14.6. The predicted molar refractivity (Wildman–Crippen MR) is 163 cm³/mol. The fraction of sp³-hybridized carbons (Fsp3) is 0.629. The van der Waals surface area contributed by atoms with Gasteiger partial charge >= 0.3 is 5.97 Å². The SMILES string of the molecule is CCCC(C)(C)c1cc(CCOC(=O)CCc2cc(C(C)(C)C)c(O)c(C(C)(C)C)c2)cc(C(C)(C)C)c1O. The van der Waals surface area contributed by atoms with Gasteiger partial charge in [-0.1, -0.05) is 114 Å². The summed E-state index contributed by atoms with van der Waals surface area (Å²) in [4.78, 5) is 12.7. The molecule has 0 saturated carbocycles. The Morgan fingerprint density at radius 3 is 1.46 bits per heavy atom. The highest BCUT2D eigenvalue weighted by atomic mass is 16.5. The number of aromatic hydroxyl groups is 2. The number of esters is 1. The van der Waals surface area contributed by atoms with Crippen LogP contribution in [0.3, 0.4) is 0 Å². The summed E-state index contributed by atoms with van der Waals surface area (Å²) in [5, 5.41) is 22.1. The Hall–Kier alpha value is -2.49. The Kier molecular flexibility index (Phi) is 10.0. The molecule has 0 amide bonds. The maximum absolute atomic E-state index is 12.7. The summed E-state index contributed by atoms with van der Waals surface area (Å²) >= 11 is 0. The number of rotatable bonds is 9. The summed E-state index contributed by atoms with van der Waals surface area (Å²) in [6.45, 7) is 25.7. The van der Waals surface area contributed by atoms with Crippen LogP contribution in [0.15, 0.2) is 24.3 Å². The maximum atomic E-state index is 12.7. The molecule has 218 valence electrons. The third-order valence-electron chi connectivity index (χ3n) is 7.64. The number of aryl methyl sites for hydroxylation is 1. The normalized spacial score (nSPS) is 13.0. The Morgan fingerprint density at radius 1 is 0.667 bits per heavy atom. The van der Waals surface area contributed by atoms with Crippen LogP contribution in [0.1, 0.15) is 136 Å². The van der Waals surface area contributed by atoms with Crippen molar-refractivity contribution in [1.82, 2.24) is 0 Å². The van der Waals surface area contributed by atoms with Crippen LogP contribution < -0.4 is 0 Å². The van der Waals surface area contributed by atoms with Crippen LogP contribution >= 0.6 is 0 Å². The van der Waals surface area contributed by atoms with Crippen molar-refractivity contribution in [2.45, 2.75) is 137 Å². The number of carbonyl (C=O) groups is 1. The van der Waals surface area contributed by atoms with Crippen LogP contribution in [-0.2, 0) is 44.0 Å². The van der Waals surface area contributed by atoms with E-state index >= 15 is 0 Å². The molecule has 0 fully saturated rings. The molecule has 2 N–H and O–H groups in total. The molecule has 0 bridgehead atoms. The van der Waals surface area contributed by atoms with Gasteiger partial charge in [0, 0.05) is 18.4 Å². The van der Waals surface area contributed by atoms with Gasteiger partial charge in [0.05, 0.1) is 6.61 Å². The summed E-state index contributed by atoms with van der Waals surface area (Å²) in [5.41, 5.74) is 5.07. The van der Waals surface area contributed by atoms with Crippen LogP contribution in [0.5, 0.6) is 11.5 Å². The van der Waals surface area contributed by atoms with Crippen molar-refractivity contribution in [2.75, 3.05) is 6.61 Å². The lowest BCUT2D eigenvalue weighted by atomic mass is 9.75. The number of hydrogen-bond acceptors (Lipinski definition) is 4. The fourth-order valence-corrected chi connectivity index (χ4v) is 5.27. The average molecular weight is 539 g/mol. The minimum Gasteiger partial charge on any atom is -0.507 e. The summed E-state index contributed by atoms with van der Waals surface area (Å²) in [5.74, 6) is 0.519. The lowest BCUT2D eigenvalue weighted by molar-refractivity contribution is -0.143. The van der Waals surface area contributed by atoms with Crippen LogP contribution in [0, 0.1) is 0 Å².